The number of nitrogens with one attached hydrogen (secondary N) is 1. The molecule has 1 amide bonds. The molecule has 0 bridgehead atoms. The van der Waals surface area contributed by atoms with Crippen molar-refractivity contribution in [2.24, 2.45) is 0 Å². The van der Waals surface area contributed by atoms with Gasteiger partial charge in [0.15, 0.2) is 11.5 Å². The van der Waals surface area contributed by atoms with Gasteiger partial charge in [-0.2, -0.15) is 13.2 Å². The fraction of sp³-hybridized carbons (Fsp3) is 0.400. The van der Waals surface area contributed by atoms with Gasteiger partial charge in [-0.25, -0.2) is 4.39 Å². The second-order valence-corrected chi connectivity index (χ2v) is 11.1. The molecule has 0 saturated heterocycles. The number of rotatable bonds is 10. The molecule has 1 aliphatic rings. The van der Waals surface area contributed by atoms with E-state index in [2.05, 4.69) is 10.3 Å². The maximum Gasteiger partial charge on any atom is 0.398 e. The molecule has 1 aromatic heterocycles. The van der Waals surface area contributed by atoms with Crippen LogP contribution in [0.4, 0.5) is 17.6 Å². The third-order valence-electron chi connectivity index (χ3n) is 7.35. The van der Waals surface area contributed by atoms with Crippen molar-refractivity contribution in [3.05, 3.63) is 76.2 Å². The highest BCUT2D eigenvalue weighted by atomic mass is 35.5. The zero-order chi connectivity index (χ0) is 30.1. The van der Waals surface area contributed by atoms with E-state index >= 15 is 0 Å². The molecule has 6 nitrogen and oxygen atoms in total. The van der Waals surface area contributed by atoms with E-state index in [4.69, 9.17) is 21.1 Å². The Balaban J connectivity index is 1.68. The number of amides is 1. The average molecular weight is 594 g/mol. The number of carbonyl (C=O) groups excluding carboxylic acids is 1. The first-order valence-corrected chi connectivity index (χ1v) is 13.4. The predicted molar refractivity (Wildman–Crippen MR) is 149 cm³/mol. The van der Waals surface area contributed by atoms with Gasteiger partial charge < -0.3 is 19.7 Å². The Hall–Kier alpha value is -3.37. The number of alkyl halides is 3. The standard InChI is InChI=1S/C30H32ClF4N3O3/c1-29(2,38(3)4)19-14-24(17-6-10-23(32)22(31)12-17)37-25(15-19)21(30(33,34)35)16-36-28(39)18-7-11-26(27(13-18)40-5)41-20-8-9-20/h6-7,10-15,20-21H,8-9,16H2,1-5H3,(H,36,39). The molecule has 1 fully saturated rings. The highest BCUT2D eigenvalue weighted by molar-refractivity contribution is 6.31. The van der Waals surface area contributed by atoms with Crippen molar-refractivity contribution in [1.82, 2.24) is 15.2 Å². The molecule has 1 saturated carbocycles. The van der Waals surface area contributed by atoms with Crippen LogP contribution in [0.2, 0.25) is 5.02 Å². The zero-order valence-corrected chi connectivity index (χ0v) is 24.2. The van der Waals surface area contributed by atoms with Crippen LogP contribution < -0.4 is 14.8 Å². The lowest BCUT2D eigenvalue weighted by molar-refractivity contribution is -0.149. The molecule has 4 rings (SSSR count). The van der Waals surface area contributed by atoms with E-state index < -0.39 is 35.9 Å². The Kier molecular flexibility index (Phi) is 8.84. The van der Waals surface area contributed by atoms with Crippen LogP contribution in [0.5, 0.6) is 11.5 Å². The summed E-state index contributed by atoms with van der Waals surface area (Å²) < 4.78 is 68.4. The highest BCUT2D eigenvalue weighted by Gasteiger charge is 2.43. The van der Waals surface area contributed by atoms with E-state index in [0.29, 0.717) is 22.6 Å². The molecule has 0 radical (unpaired) electrons. The molecule has 1 atom stereocenters. The minimum Gasteiger partial charge on any atom is -0.493 e. The quantitative estimate of drug-likeness (QED) is 0.257. The number of halogens is 5. The summed E-state index contributed by atoms with van der Waals surface area (Å²) in [6, 6.07) is 11.4. The Labute approximate surface area is 241 Å². The van der Waals surface area contributed by atoms with Crippen molar-refractivity contribution in [3.8, 4) is 22.8 Å². The summed E-state index contributed by atoms with van der Waals surface area (Å²) in [5.74, 6) is -2.69. The van der Waals surface area contributed by atoms with E-state index in [1.807, 2.05) is 32.8 Å². The van der Waals surface area contributed by atoms with Crippen molar-refractivity contribution < 1.29 is 31.8 Å². The molecule has 3 aromatic rings. The predicted octanol–water partition coefficient (Wildman–Crippen LogP) is 6.96. The summed E-state index contributed by atoms with van der Waals surface area (Å²) in [6.07, 6.45) is -2.77. The molecule has 1 aliphatic carbocycles. The number of hydrogen-bond donors (Lipinski definition) is 1. The molecule has 0 aliphatic heterocycles. The van der Waals surface area contributed by atoms with Crippen LogP contribution >= 0.6 is 11.6 Å². The van der Waals surface area contributed by atoms with Gasteiger partial charge in [-0.05, 0) is 94.9 Å². The van der Waals surface area contributed by atoms with Crippen molar-refractivity contribution in [3.63, 3.8) is 0 Å². The van der Waals surface area contributed by atoms with Crippen LogP contribution in [-0.4, -0.2) is 55.8 Å². The van der Waals surface area contributed by atoms with Crippen molar-refractivity contribution in [2.45, 2.75) is 50.4 Å². The van der Waals surface area contributed by atoms with Crippen LogP contribution in [0.15, 0.2) is 48.5 Å². The molecule has 41 heavy (non-hydrogen) atoms. The monoisotopic (exact) mass is 593 g/mol. The second-order valence-electron chi connectivity index (χ2n) is 10.7. The molecule has 1 heterocycles. The number of hydrogen-bond acceptors (Lipinski definition) is 5. The Bertz CT molecular complexity index is 1420. The first-order valence-electron chi connectivity index (χ1n) is 13.1. The van der Waals surface area contributed by atoms with Crippen LogP contribution in [0, 0.1) is 5.82 Å². The van der Waals surface area contributed by atoms with Gasteiger partial charge in [0.1, 0.15) is 11.7 Å². The highest BCUT2D eigenvalue weighted by Crippen LogP contribution is 2.38. The minimum atomic E-state index is -4.74. The molecular weight excluding hydrogens is 562 g/mol. The number of aromatic nitrogens is 1. The molecule has 1 unspecified atom stereocenters. The van der Waals surface area contributed by atoms with Gasteiger partial charge in [-0.1, -0.05) is 11.6 Å². The normalized spacial score (nSPS) is 14.6. The van der Waals surface area contributed by atoms with E-state index in [9.17, 15) is 22.4 Å². The van der Waals surface area contributed by atoms with E-state index in [-0.39, 0.29) is 28.1 Å². The lowest BCUT2D eigenvalue weighted by Crippen LogP contribution is -2.37. The lowest BCUT2D eigenvalue weighted by Gasteiger charge is -2.34. The molecule has 1 N–H and O–H groups in total. The first kappa shape index (κ1) is 30.6. The maximum atomic E-state index is 14.5. The number of carbonyl (C=O) groups is 1. The number of pyridine rings is 1. The largest absolute Gasteiger partial charge is 0.493 e. The first-order chi connectivity index (χ1) is 19.2. The molecular formula is C30H32ClF4N3O3. The molecule has 220 valence electrons. The van der Waals surface area contributed by atoms with Crippen molar-refractivity contribution in [1.29, 1.82) is 0 Å². The van der Waals surface area contributed by atoms with E-state index in [1.165, 1.54) is 37.4 Å². The van der Waals surface area contributed by atoms with Crippen molar-refractivity contribution in [2.75, 3.05) is 27.7 Å². The van der Waals surface area contributed by atoms with Gasteiger partial charge in [0, 0.05) is 23.2 Å². The third kappa shape index (κ3) is 7.11. The summed E-state index contributed by atoms with van der Waals surface area (Å²) in [6.45, 7) is 2.97. The maximum absolute atomic E-state index is 14.5. The Morgan fingerprint density at radius 2 is 1.80 bits per heavy atom. The molecule has 11 heteroatoms. The number of nitrogens with zero attached hydrogens (tertiary/aromatic N) is 2. The van der Waals surface area contributed by atoms with Gasteiger partial charge in [-0.15, -0.1) is 0 Å². The van der Waals surface area contributed by atoms with E-state index in [1.54, 1.807) is 12.1 Å². The summed E-state index contributed by atoms with van der Waals surface area (Å²) in [5.41, 5.74) is 0.274. The second kappa shape index (κ2) is 11.9. The minimum absolute atomic E-state index is 0.104. The Morgan fingerprint density at radius 1 is 1.10 bits per heavy atom. The van der Waals surface area contributed by atoms with Gasteiger partial charge in [0.25, 0.3) is 5.91 Å². The van der Waals surface area contributed by atoms with Gasteiger partial charge in [0.2, 0.25) is 0 Å². The van der Waals surface area contributed by atoms with Crippen LogP contribution in [0.25, 0.3) is 11.3 Å². The van der Waals surface area contributed by atoms with Crippen LogP contribution in [0.1, 0.15) is 54.2 Å². The van der Waals surface area contributed by atoms with Crippen LogP contribution in [0.3, 0.4) is 0 Å². The third-order valence-corrected chi connectivity index (χ3v) is 7.64. The van der Waals surface area contributed by atoms with Gasteiger partial charge in [0.05, 0.1) is 29.6 Å². The molecule has 0 spiro atoms. The fourth-order valence-corrected chi connectivity index (χ4v) is 4.28. The van der Waals surface area contributed by atoms with Gasteiger partial charge in [-0.3, -0.25) is 9.78 Å². The Morgan fingerprint density at radius 3 is 2.39 bits per heavy atom. The zero-order valence-electron chi connectivity index (χ0n) is 23.4. The topological polar surface area (TPSA) is 63.7 Å². The van der Waals surface area contributed by atoms with Gasteiger partial charge >= 0.3 is 6.18 Å². The average Bonchev–Trinajstić information content (AvgIpc) is 3.73. The van der Waals surface area contributed by atoms with E-state index in [0.717, 1.165) is 18.9 Å². The summed E-state index contributed by atoms with van der Waals surface area (Å²) in [4.78, 5) is 19.1. The number of benzene rings is 2. The SMILES string of the molecule is COc1cc(C(=O)NCC(c2cc(C(C)(C)N(C)C)cc(-c3ccc(F)c(Cl)c3)n2)C(F)(F)F)ccc1OC1CC1. The van der Waals surface area contributed by atoms with Crippen LogP contribution in [-0.2, 0) is 5.54 Å². The summed E-state index contributed by atoms with van der Waals surface area (Å²) in [5, 5.41) is 2.23. The summed E-state index contributed by atoms with van der Waals surface area (Å²) >= 11 is 5.97. The number of methoxy groups -OCH3 is 1. The lowest BCUT2D eigenvalue weighted by atomic mass is 9.89. The summed E-state index contributed by atoms with van der Waals surface area (Å²) in [7, 11) is 5.05. The smallest absolute Gasteiger partial charge is 0.398 e. The fourth-order valence-electron chi connectivity index (χ4n) is 4.10. The van der Waals surface area contributed by atoms with Crippen molar-refractivity contribution >= 4 is 17.5 Å². The number of ether oxygens (including phenoxy) is 2. The molecule has 2 aromatic carbocycles.